The van der Waals surface area contributed by atoms with Crippen molar-refractivity contribution in [3.8, 4) is 0 Å². The Hall–Kier alpha value is -1.45. The van der Waals surface area contributed by atoms with Gasteiger partial charge in [0.05, 0.1) is 16.4 Å². The third-order valence-corrected chi connectivity index (χ3v) is 3.28. The molecule has 0 heterocycles. The number of nitrogen functional groups attached to an aromatic ring is 1. The molecule has 0 aliphatic heterocycles. The number of nitrogens with two attached hydrogens (primary N) is 1. The summed E-state index contributed by atoms with van der Waals surface area (Å²) in [7, 11) is 0. The first-order chi connectivity index (χ1) is 9.06. The van der Waals surface area contributed by atoms with Crippen LogP contribution in [-0.4, -0.2) is 6.54 Å². The molecule has 2 nitrogen and oxygen atoms in total. The smallest absolute Gasteiger partial charge is 0.143 e. The van der Waals surface area contributed by atoms with Crippen LogP contribution in [0.4, 0.5) is 15.8 Å². The summed E-state index contributed by atoms with van der Waals surface area (Å²) in [5, 5.41) is 3.91. The monoisotopic (exact) mass is 298 g/mol. The fourth-order valence-electron chi connectivity index (χ4n) is 1.71. The fourth-order valence-corrected chi connectivity index (χ4v) is 2.00. The highest BCUT2D eigenvalue weighted by atomic mass is 35.5. The van der Waals surface area contributed by atoms with Crippen LogP contribution in [0.3, 0.4) is 0 Å². The molecule has 100 valence electrons. The van der Waals surface area contributed by atoms with Gasteiger partial charge in [-0.2, -0.15) is 0 Å². The van der Waals surface area contributed by atoms with E-state index in [1.807, 2.05) is 24.3 Å². The molecule has 0 saturated heterocycles. The van der Waals surface area contributed by atoms with Gasteiger partial charge < -0.3 is 11.1 Å². The second-order valence-electron chi connectivity index (χ2n) is 4.16. The summed E-state index contributed by atoms with van der Waals surface area (Å²) in [5.41, 5.74) is 7.85. The highest BCUT2D eigenvalue weighted by molar-refractivity contribution is 6.31. The van der Waals surface area contributed by atoms with Crippen LogP contribution in [0.5, 0.6) is 0 Å². The predicted octanol–water partition coefficient (Wildman–Crippen LogP) is 4.37. The Bertz CT molecular complexity index is 570. The molecule has 0 aliphatic carbocycles. The highest BCUT2D eigenvalue weighted by Gasteiger charge is 2.05. The summed E-state index contributed by atoms with van der Waals surface area (Å²) >= 11 is 11.5. The zero-order chi connectivity index (χ0) is 13.8. The summed E-state index contributed by atoms with van der Waals surface area (Å²) in [6.07, 6.45) is 0.811. The van der Waals surface area contributed by atoms with Gasteiger partial charge in [0.15, 0.2) is 0 Å². The molecule has 0 spiro atoms. The largest absolute Gasteiger partial charge is 0.397 e. The van der Waals surface area contributed by atoms with Crippen molar-refractivity contribution in [1.82, 2.24) is 0 Å². The minimum Gasteiger partial charge on any atom is -0.397 e. The predicted molar refractivity (Wildman–Crippen MR) is 79.5 cm³/mol. The van der Waals surface area contributed by atoms with Crippen LogP contribution in [-0.2, 0) is 6.42 Å². The van der Waals surface area contributed by atoms with E-state index in [0.29, 0.717) is 22.9 Å². The molecular formula is C14H13Cl2FN2. The molecule has 0 atom stereocenters. The Morgan fingerprint density at radius 1 is 1.11 bits per heavy atom. The minimum atomic E-state index is -0.512. The summed E-state index contributed by atoms with van der Waals surface area (Å²) in [5.74, 6) is -0.512. The van der Waals surface area contributed by atoms with Crippen molar-refractivity contribution in [3.63, 3.8) is 0 Å². The second kappa shape index (κ2) is 6.13. The van der Waals surface area contributed by atoms with Gasteiger partial charge in [-0.05, 0) is 30.2 Å². The Morgan fingerprint density at radius 2 is 1.79 bits per heavy atom. The number of anilines is 2. The van der Waals surface area contributed by atoms with Crippen molar-refractivity contribution in [2.75, 3.05) is 17.6 Å². The molecule has 0 fully saturated rings. The number of halogens is 3. The molecule has 0 radical (unpaired) electrons. The molecule has 2 rings (SSSR count). The standard InChI is InChI=1S/C14H13Cl2FN2/c15-10-3-1-9(2-4-10)5-6-19-14-7-11(16)12(17)8-13(14)18/h1-4,7-8,19H,5-6,18H2. The third kappa shape index (κ3) is 3.75. The van der Waals surface area contributed by atoms with Gasteiger partial charge in [0.25, 0.3) is 0 Å². The Labute approximate surface area is 121 Å². The van der Waals surface area contributed by atoms with Gasteiger partial charge in [0.2, 0.25) is 0 Å². The number of benzene rings is 2. The molecule has 2 aromatic rings. The third-order valence-electron chi connectivity index (χ3n) is 2.73. The summed E-state index contributed by atoms with van der Waals surface area (Å²) in [6, 6.07) is 10.3. The zero-order valence-corrected chi connectivity index (χ0v) is 11.6. The molecule has 0 aromatic heterocycles. The van der Waals surface area contributed by atoms with Crippen molar-refractivity contribution in [2.45, 2.75) is 6.42 Å². The van der Waals surface area contributed by atoms with Crippen LogP contribution in [0.15, 0.2) is 36.4 Å². The lowest BCUT2D eigenvalue weighted by Gasteiger charge is -2.10. The Kier molecular flexibility index (Phi) is 4.51. The van der Waals surface area contributed by atoms with Gasteiger partial charge >= 0.3 is 0 Å². The molecule has 2 aromatic carbocycles. The van der Waals surface area contributed by atoms with Gasteiger partial charge in [0.1, 0.15) is 5.82 Å². The molecule has 19 heavy (non-hydrogen) atoms. The molecule has 5 heteroatoms. The lowest BCUT2D eigenvalue weighted by Crippen LogP contribution is -2.07. The average Bonchev–Trinajstić information content (AvgIpc) is 2.38. The van der Waals surface area contributed by atoms with E-state index in [9.17, 15) is 4.39 Å². The van der Waals surface area contributed by atoms with Crippen LogP contribution < -0.4 is 11.1 Å². The SMILES string of the molecule is Nc1cc(F)c(Cl)cc1NCCc1ccc(Cl)cc1. The van der Waals surface area contributed by atoms with E-state index in [1.165, 1.54) is 12.1 Å². The second-order valence-corrected chi connectivity index (χ2v) is 5.00. The maximum Gasteiger partial charge on any atom is 0.143 e. The maximum atomic E-state index is 13.1. The van der Waals surface area contributed by atoms with E-state index in [-0.39, 0.29) is 5.02 Å². The first kappa shape index (κ1) is 14.0. The first-order valence-electron chi connectivity index (χ1n) is 5.79. The van der Waals surface area contributed by atoms with Crippen LogP contribution in [0.25, 0.3) is 0 Å². The molecule has 0 saturated carbocycles. The quantitative estimate of drug-likeness (QED) is 0.823. The van der Waals surface area contributed by atoms with Gasteiger partial charge in [-0.1, -0.05) is 35.3 Å². The first-order valence-corrected chi connectivity index (χ1v) is 6.54. The van der Waals surface area contributed by atoms with Gasteiger partial charge in [-0.25, -0.2) is 4.39 Å². The van der Waals surface area contributed by atoms with E-state index in [0.717, 1.165) is 12.0 Å². The van der Waals surface area contributed by atoms with E-state index < -0.39 is 5.82 Å². The number of rotatable bonds is 4. The van der Waals surface area contributed by atoms with Crippen LogP contribution in [0, 0.1) is 5.82 Å². The van der Waals surface area contributed by atoms with Crippen molar-refractivity contribution in [1.29, 1.82) is 0 Å². The number of hydrogen-bond donors (Lipinski definition) is 2. The van der Waals surface area contributed by atoms with E-state index in [4.69, 9.17) is 28.9 Å². The molecular weight excluding hydrogens is 286 g/mol. The number of hydrogen-bond acceptors (Lipinski definition) is 2. The summed E-state index contributed by atoms with van der Waals surface area (Å²) < 4.78 is 13.1. The Morgan fingerprint density at radius 3 is 2.47 bits per heavy atom. The maximum absolute atomic E-state index is 13.1. The molecule has 0 aliphatic rings. The number of nitrogens with one attached hydrogen (secondary N) is 1. The van der Waals surface area contributed by atoms with Crippen LogP contribution in [0.2, 0.25) is 10.0 Å². The van der Waals surface area contributed by atoms with Gasteiger partial charge in [-0.3, -0.25) is 0 Å². The fraction of sp³-hybridized carbons (Fsp3) is 0.143. The van der Waals surface area contributed by atoms with E-state index >= 15 is 0 Å². The summed E-state index contributed by atoms with van der Waals surface area (Å²) in [4.78, 5) is 0. The van der Waals surface area contributed by atoms with Crippen molar-refractivity contribution < 1.29 is 4.39 Å². The van der Waals surface area contributed by atoms with Crippen molar-refractivity contribution in [2.24, 2.45) is 0 Å². The minimum absolute atomic E-state index is 0.0585. The molecule has 0 unspecified atom stereocenters. The van der Waals surface area contributed by atoms with Crippen molar-refractivity contribution >= 4 is 34.6 Å². The lowest BCUT2D eigenvalue weighted by atomic mass is 10.1. The average molecular weight is 299 g/mol. The normalized spacial score (nSPS) is 10.5. The zero-order valence-electron chi connectivity index (χ0n) is 10.1. The van der Waals surface area contributed by atoms with Crippen LogP contribution >= 0.6 is 23.2 Å². The van der Waals surface area contributed by atoms with E-state index in [2.05, 4.69) is 5.32 Å². The van der Waals surface area contributed by atoms with Crippen molar-refractivity contribution in [3.05, 3.63) is 57.8 Å². The Balaban J connectivity index is 1.96. The van der Waals surface area contributed by atoms with Gasteiger partial charge in [0, 0.05) is 17.6 Å². The lowest BCUT2D eigenvalue weighted by molar-refractivity contribution is 0.629. The molecule has 0 amide bonds. The molecule has 3 N–H and O–H groups in total. The highest BCUT2D eigenvalue weighted by Crippen LogP contribution is 2.26. The molecule has 0 bridgehead atoms. The summed E-state index contributed by atoms with van der Waals surface area (Å²) in [6.45, 7) is 0.674. The van der Waals surface area contributed by atoms with Gasteiger partial charge in [-0.15, -0.1) is 0 Å². The van der Waals surface area contributed by atoms with E-state index in [1.54, 1.807) is 0 Å². The van der Waals surface area contributed by atoms with Crippen LogP contribution in [0.1, 0.15) is 5.56 Å². The topological polar surface area (TPSA) is 38.0 Å².